The van der Waals surface area contributed by atoms with Gasteiger partial charge >= 0.3 is 23.9 Å². The number of phenols is 1. The van der Waals surface area contributed by atoms with Gasteiger partial charge in [-0.15, -0.1) is 0 Å². The normalized spacial score (nSPS) is 20.1. The number of rotatable bonds is 45. The summed E-state index contributed by atoms with van der Waals surface area (Å²) in [7, 11) is 0. The molecular weight excluding hydrogens is 1680 g/mol. The Labute approximate surface area is 749 Å². The van der Waals surface area contributed by atoms with E-state index >= 15 is 0 Å². The quantitative estimate of drug-likeness (QED) is 0.00451. The number of nitrogens with two attached hydrogens (primary N) is 1. The molecule has 129 heavy (non-hydrogen) atoms. The van der Waals surface area contributed by atoms with Gasteiger partial charge in [-0.1, -0.05) is 71.9 Å². The molecule has 37 nitrogen and oxygen atoms in total. The van der Waals surface area contributed by atoms with E-state index in [1.807, 2.05) is 13.0 Å². The van der Waals surface area contributed by atoms with E-state index < -0.39 is 100 Å². The van der Waals surface area contributed by atoms with Gasteiger partial charge in [-0.3, -0.25) is 52.8 Å². The number of primary amides is 1. The number of ether oxygens (including phenoxy) is 13. The molecule has 0 aliphatic carbocycles. The lowest BCUT2D eigenvalue weighted by molar-refractivity contribution is -0.152. The number of likely N-dealkylation sites (tertiary alicyclic amines) is 1. The number of Topliss-reactive ketones (excluding diaryl/α,β-unsaturated/α-hetero) is 1. The predicted molar refractivity (Wildman–Crippen MR) is 474 cm³/mol. The van der Waals surface area contributed by atoms with E-state index in [9.17, 15) is 62.6 Å². The number of amides is 10. The summed E-state index contributed by atoms with van der Waals surface area (Å²) in [5.74, 6) is -7.06. The van der Waals surface area contributed by atoms with Crippen molar-refractivity contribution in [3.8, 4) is 17.2 Å². The topological polar surface area (TPSA) is 476 Å². The molecule has 8 atom stereocenters. The summed E-state index contributed by atoms with van der Waals surface area (Å²) in [5.41, 5.74) is 5.63. The van der Waals surface area contributed by atoms with Crippen LogP contribution >= 0.6 is 0 Å². The molecule has 4 aliphatic heterocycles. The monoisotopic (exact) mass is 1800 g/mol. The Kier molecular flexibility index (Phi) is 40.1. The van der Waals surface area contributed by atoms with Crippen LogP contribution in [-0.4, -0.2) is 254 Å². The van der Waals surface area contributed by atoms with Crippen LogP contribution in [-0.2, 0) is 97.1 Å². The van der Waals surface area contributed by atoms with Gasteiger partial charge in [-0.05, 0) is 111 Å². The highest BCUT2D eigenvalue weighted by atomic mass is 16.7. The molecule has 0 spiro atoms. The maximum Gasteiger partial charge on any atom is 0.410 e. The zero-order valence-corrected chi connectivity index (χ0v) is 75.2. The second kappa shape index (κ2) is 51.1. The number of imide groups is 1. The van der Waals surface area contributed by atoms with E-state index in [4.69, 9.17) is 76.7 Å². The molecule has 1 saturated heterocycles. The van der Waals surface area contributed by atoms with Gasteiger partial charge in [0.2, 0.25) is 23.6 Å². The lowest BCUT2D eigenvalue weighted by atomic mass is 9.82. The van der Waals surface area contributed by atoms with Crippen molar-refractivity contribution in [2.75, 3.05) is 149 Å². The first-order valence-electron chi connectivity index (χ1n) is 43.9. The second-order valence-electron chi connectivity index (χ2n) is 32.8. The van der Waals surface area contributed by atoms with Gasteiger partial charge in [-0.2, -0.15) is 0 Å². The molecule has 1 aromatic heterocycles. The number of urea groups is 1. The summed E-state index contributed by atoms with van der Waals surface area (Å²) in [6.45, 7) is 23.7. The van der Waals surface area contributed by atoms with E-state index in [2.05, 4.69) is 52.7 Å². The molecule has 1 fully saturated rings. The number of aromatic hydroxyl groups is 1. The van der Waals surface area contributed by atoms with Crippen LogP contribution in [0, 0.1) is 36.5 Å². The van der Waals surface area contributed by atoms with Gasteiger partial charge in [0.05, 0.1) is 123 Å². The zero-order valence-electron chi connectivity index (χ0n) is 75.2. The van der Waals surface area contributed by atoms with Gasteiger partial charge in [-0.25, -0.2) is 14.6 Å². The third-order valence-corrected chi connectivity index (χ3v) is 21.9. The summed E-state index contributed by atoms with van der Waals surface area (Å²) < 4.78 is 81.3. The first-order chi connectivity index (χ1) is 61.9. The minimum atomic E-state index is -1.99. The number of benzene rings is 4. The number of nitrogens with zero attached hydrogens (tertiary/aromatic N) is 3. The third kappa shape index (κ3) is 30.9. The number of allylic oxidation sites excluding steroid dienone is 4. The van der Waals surface area contributed by atoms with E-state index in [0.717, 1.165) is 17.7 Å². The Morgan fingerprint density at radius 1 is 0.713 bits per heavy atom. The third-order valence-electron chi connectivity index (χ3n) is 21.9. The Hall–Kier alpha value is -11.5. The van der Waals surface area contributed by atoms with Crippen molar-refractivity contribution in [3.05, 3.63) is 118 Å². The number of hydrogen-bond donors (Lipinski definition) is 8. The highest BCUT2D eigenvalue weighted by Crippen LogP contribution is 2.49. The number of carbonyl (C=O) groups excluding carboxylic acids is 11. The van der Waals surface area contributed by atoms with Crippen LogP contribution in [0.3, 0.4) is 0 Å². The highest BCUT2D eigenvalue weighted by Gasteiger charge is 2.50. The standard InChI is InChI=1S/C92H124N10O27/c1-56(2)78(99-72(105)29-36-116-38-40-118-42-44-120-46-48-122-50-51-123-49-47-121-45-43-119-41-39-117-37-31-94-71(104)28-34-102-73(106)24-25-74(102)107)89(113)98-69(17-12-30-95-90(93)114)88(112)96-65-20-18-64(19-21-65)55-124-91(115)101-32-26-66(27-33-101)127-67-22-23-68-70(54-67)128-85-79(97-68)75-76-81(108)62(8)84-77(75)86(110)92(10,129-84)125-35-13-16-59(5)83(126-63(9)103)61(7)53-58(4)52-57(3)14-11-15-60(6)87(111)100-80(85)82(76)109/h11,13-15,18-25,35,54,56-59,61,66,69,78,83,109H,12,16-17,26-34,36-53,55H2,1-10H3,(H,94,104)(H,96,112)(H,98,113)(H,99,105)(H,100,111)(H3,93,95,114)/b14-11+,35-13+,60-15-/t57-,58+,59+,61+,69-,78-,83+,92-/m0/s1. The van der Waals surface area contributed by atoms with Crippen LogP contribution in [0.4, 0.5) is 21.0 Å². The number of fused-ring (bicyclic) bond motifs is 2. The minimum absolute atomic E-state index is 0.00145. The molecular formula is C92H124N10O27. The number of nitrogens with one attached hydrogen (secondary N) is 6. The molecule has 5 aromatic rings. The summed E-state index contributed by atoms with van der Waals surface area (Å²) in [4.78, 5) is 165. The summed E-state index contributed by atoms with van der Waals surface area (Å²) in [5, 5.41) is 28.3. The van der Waals surface area contributed by atoms with Crippen LogP contribution < -0.4 is 52.5 Å². The largest absolute Gasteiger partial charge is 0.505 e. The van der Waals surface area contributed by atoms with Crippen LogP contribution in [0.1, 0.15) is 142 Å². The SMILES string of the molecule is CC(=O)O[C@@H]1[C@H](C)C/C=C/O[C@@]2(C)Oc3c(C)c(=O)c4c(O)c(c5oc6cc(OC7CCN(C(=O)OCc8ccc(NC(=O)[C@H](CCCNC(N)=O)NC(=O)[C@@H](NC(=O)CCOCCOCCOCCOCCOCCOCCOCCOCCNC(=O)CCN9C(=O)C=CC9=O)C(C)C)cc8)CC7)ccc6nc5c4c3C2=O)NC(=O)/C(C)=C\C=C\[C@H](C)C[C@@H](C)C[C@H]1C. The summed E-state index contributed by atoms with van der Waals surface area (Å²) in [6.07, 6.45) is 12.6. The minimum Gasteiger partial charge on any atom is -0.505 e. The van der Waals surface area contributed by atoms with Crippen molar-refractivity contribution in [1.29, 1.82) is 0 Å². The van der Waals surface area contributed by atoms with E-state index in [0.29, 0.717) is 116 Å². The second-order valence-corrected chi connectivity index (χ2v) is 32.8. The summed E-state index contributed by atoms with van der Waals surface area (Å²) >= 11 is 0. The molecule has 9 rings (SSSR count). The van der Waals surface area contributed by atoms with E-state index in [1.165, 1.54) is 39.2 Å². The van der Waals surface area contributed by atoms with Gasteiger partial charge in [0.1, 0.15) is 59.1 Å². The molecule has 5 heterocycles. The van der Waals surface area contributed by atoms with E-state index in [-0.39, 0.29) is 188 Å². The molecule has 4 aliphatic rings. The zero-order chi connectivity index (χ0) is 93.1. The van der Waals surface area contributed by atoms with Crippen molar-refractivity contribution in [3.63, 3.8) is 0 Å². The van der Waals surface area contributed by atoms with Crippen molar-refractivity contribution in [2.45, 2.75) is 164 Å². The predicted octanol–water partition coefficient (Wildman–Crippen LogP) is 8.58. The molecule has 37 heteroatoms. The molecule has 9 N–H and O–H groups in total. The number of hydrogen-bond acceptors (Lipinski definition) is 28. The first-order valence-corrected chi connectivity index (χ1v) is 43.9. The number of esters is 1. The van der Waals surface area contributed by atoms with Crippen molar-refractivity contribution < 1.29 is 124 Å². The number of ketones is 1. The number of piperidine rings is 1. The number of anilines is 2. The van der Waals surface area contributed by atoms with Gasteiger partial charge in [0, 0.05) is 113 Å². The fourth-order valence-corrected chi connectivity index (χ4v) is 15.1. The van der Waals surface area contributed by atoms with Gasteiger partial charge < -0.3 is 114 Å². The maximum atomic E-state index is 14.9. The Morgan fingerprint density at radius 3 is 1.93 bits per heavy atom. The smallest absolute Gasteiger partial charge is 0.410 e. The van der Waals surface area contributed by atoms with Crippen LogP contribution in [0.25, 0.3) is 33.0 Å². The van der Waals surface area contributed by atoms with Crippen LogP contribution in [0.5, 0.6) is 17.2 Å². The van der Waals surface area contributed by atoms with Gasteiger partial charge in [0.15, 0.2) is 22.3 Å². The fraction of sp³-hybridized carbons (Fsp3) is 0.554. The molecule has 0 saturated carbocycles. The van der Waals surface area contributed by atoms with Crippen molar-refractivity contribution in [1.82, 2.24) is 36.1 Å². The lowest BCUT2D eigenvalue weighted by Gasteiger charge is -2.31. The molecule has 0 unspecified atom stereocenters. The molecule has 704 valence electrons. The van der Waals surface area contributed by atoms with Crippen molar-refractivity contribution in [2.24, 2.45) is 35.3 Å². The van der Waals surface area contributed by atoms with Crippen molar-refractivity contribution >= 4 is 110 Å². The lowest BCUT2D eigenvalue weighted by Crippen LogP contribution is -2.54. The number of aromatic nitrogens is 1. The van der Waals surface area contributed by atoms with Crippen LogP contribution in [0.2, 0.25) is 0 Å². The Bertz CT molecular complexity index is 4870. The molecule has 4 bridgehead atoms. The Morgan fingerprint density at radius 2 is 1.33 bits per heavy atom. The van der Waals surface area contributed by atoms with Gasteiger partial charge in [0.25, 0.3) is 23.5 Å². The number of phenolic OH excluding ortho intramolecular Hbond substituents is 1. The molecule has 0 radical (unpaired) electrons. The average Bonchev–Trinajstić information content (AvgIpc) is 1.63. The fourth-order valence-electron chi connectivity index (χ4n) is 15.1. The van der Waals surface area contributed by atoms with E-state index in [1.54, 1.807) is 86.4 Å². The summed E-state index contributed by atoms with van der Waals surface area (Å²) in [6, 6.07) is 8.58. The molecule has 4 aromatic carbocycles. The van der Waals surface area contributed by atoms with Crippen LogP contribution in [0.15, 0.2) is 100.0 Å². The highest BCUT2D eigenvalue weighted by molar-refractivity contribution is 6.26. The number of carbonyl (C=O) groups is 11. The first kappa shape index (κ1) is 101. The molecule has 10 amide bonds. The maximum absolute atomic E-state index is 14.9. The Balaban J connectivity index is 0.678. The average molecular weight is 1800 g/mol.